The summed E-state index contributed by atoms with van der Waals surface area (Å²) in [6.07, 6.45) is 0.156. The lowest BCUT2D eigenvalue weighted by Crippen LogP contribution is -2.23. The lowest BCUT2D eigenvalue weighted by molar-refractivity contribution is -0.124. The van der Waals surface area contributed by atoms with Crippen molar-refractivity contribution in [2.75, 3.05) is 5.32 Å². The van der Waals surface area contributed by atoms with Crippen LogP contribution in [0.1, 0.15) is 47.9 Å². The quantitative estimate of drug-likeness (QED) is 0.376. The van der Waals surface area contributed by atoms with Gasteiger partial charge >= 0.3 is 0 Å². The Hall–Kier alpha value is -3.73. The molecule has 0 saturated heterocycles. The first-order chi connectivity index (χ1) is 15.4. The standard InChI is InChI=1S/C27H29N3O2/c1-19-14-15-24(20(2)18-19)28-25(31)16-17-26(32)30-29-21(3)27(22-10-6-4-7-11-22)23-12-8-5-9-13-23/h4-15,18,27H,16-17H2,1-3H3,(H,28,31)(H,30,32)/b29-21+. The van der Waals surface area contributed by atoms with Crippen LogP contribution in [-0.2, 0) is 9.59 Å². The number of aryl methyl sites for hydroxylation is 2. The van der Waals surface area contributed by atoms with E-state index in [9.17, 15) is 9.59 Å². The van der Waals surface area contributed by atoms with E-state index in [2.05, 4.69) is 40.1 Å². The van der Waals surface area contributed by atoms with E-state index >= 15 is 0 Å². The number of amides is 2. The molecule has 32 heavy (non-hydrogen) atoms. The lowest BCUT2D eigenvalue weighted by Gasteiger charge is -2.18. The fraction of sp³-hybridized carbons (Fsp3) is 0.222. The Balaban J connectivity index is 1.60. The first-order valence-corrected chi connectivity index (χ1v) is 10.7. The highest BCUT2D eigenvalue weighted by Crippen LogP contribution is 2.26. The number of carbonyl (C=O) groups excluding carboxylic acids is 2. The average Bonchev–Trinajstić information content (AvgIpc) is 2.80. The van der Waals surface area contributed by atoms with Crippen molar-refractivity contribution in [2.24, 2.45) is 5.10 Å². The van der Waals surface area contributed by atoms with Crippen molar-refractivity contribution in [3.05, 3.63) is 101 Å². The maximum atomic E-state index is 12.3. The molecule has 0 spiro atoms. The van der Waals surface area contributed by atoms with Gasteiger partial charge in [0.1, 0.15) is 0 Å². The maximum Gasteiger partial charge on any atom is 0.240 e. The zero-order valence-electron chi connectivity index (χ0n) is 18.8. The van der Waals surface area contributed by atoms with Crippen molar-refractivity contribution in [3.63, 3.8) is 0 Å². The lowest BCUT2D eigenvalue weighted by atomic mass is 9.88. The minimum atomic E-state index is -0.292. The van der Waals surface area contributed by atoms with Crippen LogP contribution in [0.4, 0.5) is 5.69 Å². The van der Waals surface area contributed by atoms with E-state index in [-0.39, 0.29) is 30.6 Å². The van der Waals surface area contributed by atoms with Gasteiger partial charge in [0.25, 0.3) is 0 Å². The summed E-state index contributed by atoms with van der Waals surface area (Å²) < 4.78 is 0. The third-order valence-electron chi connectivity index (χ3n) is 5.28. The molecule has 3 rings (SSSR count). The number of benzene rings is 3. The van der Waals surface area contributed by atoms with E-state index in [0.717, 1.165) is 33.7 Å². The number of hydrazone groups is 1. The van der Waals surface area contributed by atoms with E-state index < -0.39 is 0 Å². The van der Waals surface area contributed by atoms with Gasteiger partial charge in [-0.3, -0.25) is 9.59 Å². The Morgan fingerprint density at radius 1 is 0.812 bits per heavy atom. The van der Waals surface area contributed by atoms with Gasteiger partial charge in [-0.1, -0.05) is 78.4 Å². The normalized spacial score (nSPS) is 11.3. The molecular formula is C27H29N3O2. The van der Waals surface area contributed by atoms with Crippen molar-refractivity contribution >= 4 is 23.2 Å². The molecule has 3 aromatic carbocycles. The molecule has 0 bridgehead atoms. The third-order valence-corrected chi connectivity index (χ3v) is 5.28. The Morgan fingerprint density at radius 3 is 1.94 bits per heavy atom. The van der Waals surface area contributed by atoms with Gasteiger partial charge in [-0.25, -0.2) is 5.43 Å². The highest BCUT2D eigenvalue weighted by Gasteiger charge is 2.17. The fourth-order valence-corrected chi connectivity index (χ4v) is 3.63. The zero-order valence-corrected chi connectivity index (χ0v) is 18.8. The molecule has 0 fully saturated rings. The molecule has 0 radical (unpaired) electrons. The molecule has 0 aliphatic rings. The van der Waals surface area contributed by atoms with Crippen LogP contribution in [-0.4, -0.2) is 17.5 Å². The van der Waals surface area contributed by atoms with E-state index in [4.69, 9.17) is 0 Å². The van der Waals surface area contributed by atoms with Crippen molar-refractivity contribution in [2.45, 2.75) is 39.5 Å². The summed E-state index contributed by atoms with van der Waals surface area (Å²) in [5, 5.41) is 7.21. The Labute approximate surface area is 189 Å². The third kappa shape index (κ3) is 6.38. The second-order valence-corrected chi connectivity index (χ2v) is 7.91. The minimum Gasteiger partial charge on any atom is -0.326 e. The van der Waals surface area contributed by atoms with E-state index in [0.29, 0.717) is 0 Å². The molecular weight excluding hydrogens is 398 g/mol. The monoisotopic (exact) mass is 427 g/mol. The summed E-state index contributed by atoms with van der Waals surface area (Å²) in [6.45, 7) is 5.85. The molecule has 3 aromatic rings. The molecule has 2 amide bonds. The molecule has 0 unspecified atom stereocenters. The van der Waals surface area contributed by atoms with Gasteiger partial charge in [0, 0.05) is 30.2 Å². The van der Waals surface area contributed by atoms with Gasteiger partial charge in [-0.15, -0.1) is 0 Å². The van der Waals surface area contributed by atoms with Crippen LogP contribution >= 0.6 is 0 Å². The van der Waals surface area contributed by atoms with Gasteiger partial charge in [0.2, 0.25) is 11.8 Å². The Bertz CT molecular complexity index is 1050. The van der Waals surface area contributed by atoms with Gasteiger partial charge in [-0.05, 0) is 43.5 Å². The predicted octanol–water partition coefficient (Wildman–Crippen LogP) is 5.35. The number of carbonyl (C=O) groups is 2. The summed E-state index contributed by atoms with van der Waals surface area (Å²) in [5.41, 5.74) is 8.48. The largest absolute Gasteiger partial charge is 0.326 e. The topological polar surface area (TPSA) is 70.6 Å². The number of nitrogens with one attached hydrogen (secondary N) is 2. The van der Waals surface area contributed by atoms with Crippen molar-refractivity contribution in [1.29, 1.82) is 0 Å². The van der Waals surface area contributed by atoms with E-state index in [1.54, 1.807) is 0 Å². The SMILES string of the molecule is C/C(=N\NC(=O)CCC(=O)Nc1ccc(C)cc1C)C(c1ccccc1)c1ccccc1. The smallest absolute Gasteiger partial charge is 0.240 e. The minimum absolute atomic E-state index is 0.0643. The van der Waals surface area contributed by atoms with Gasteiger partial charge in [0.05, 0.1) is 0 Å². The number of rotatable bonds is 8. The molecule has 0 saturated carbocycles. The number of anilines is 1. The average molecular weight is 428 g/mol. The molecule has 5 heteroatoms. The van der Waals surface area contributed by atoms with Crippen LogP contribution in [0.2, 0.25) is 0 Å². The summed E-state index contributed by atoms with van der Waals surface area (Å²) in [7, 11) is 0. The van der Waals surface area contributed by atoms with Crippen molar-refractivity contribution < 1.29 is 9.59 Å². The van der Waals surface area contributed by atoms with E-state index in [1.165, 1.54) is 0 Å². The van der Waals surface area contributed by atoms with Crippen molar-refractivity contribution in [3.8, 4) is 0 Å². The Kier molecular flexibility index (Phi) is 7.92. The molecule has 164 valence electrons. The summed E-state index contributed by atoms with van der Waals surface area (Å²) in [6, 6.07) is 26.0. The number of hydrogen-bond acceptors (Lipinski definition) is 3. The van der Waals surface area contributed by atoms with Crippen LogP contribution in [0, 0.1) is 13.8 Å². The molecule has 0 atom stereocenters. The maximum absolute atomic E-state index is 12.3. The molecule has 5 nitrogen and oxygen atoms in total. The molecule has 0 aliphatic carbocycles. The molecule has 2 N–H and O–H groups in total. The van der Waals surface area contributed by atoms with Crippen LogP contribution in [0.3, 0.4) is 0 Å². The van der Waals surface area contributed by atoms with Crippen LogP contribution in [0.5, 0.6) is 0 Å². The van der Waals surface area contributed by atoms with Gasteiger partial charge in [0.15, 0.2) is 0 Å². The summed E-state index contributed by atoms with van der Waals surface area (Å²) >= 11 is 0. The highest BCUT2D eigenvalue weighted by molar-refractivity contribution is 5.95. The van der Waals surface area contributed by atoms with Crippen LogP contribution in [0.15, 0.2) is 84.0 Å². The summed E-state index contributed by atoms with van der Waals surface area (Å²) in [4.78, 5) is 24.6. The number of hydrogen-bond donors (Lipinski definition) is 2. The van der Waals surface area contributed by atoms with E-state index in [1.807, 2.05) is 75.4 Å². The molecule has 0 aliphatic heterocycles. The zero-order chi connectivity index (χ0) is 22.9. The molecule has 0 aromatic heterocycles. The van der Waals surface area contributed by atoms with Crippen LogP contribution in [0.25, 0.3) is 0 Å². The Morgan fingerprint density at radius 2 is 1.38 bits per heavy atom. The fourth-order valence-electron chi connectivity index (χ4n) is 3.63. The second kappa shape index (κ2) is 11.0. The van der Waals surface area contributed by atoms with Gasteiger partial charge in [-0.2, -0.15) is 5.10 Å². The molecule has 0 heterocycles. The van der Waals surface area contributed by atoms with Crippen molar-refractivity contribution in [1.82, 2.24) is 5.43 Å². The predicted molar refractivity (Wildman–Crippen MR) is 130 cm³/mol. The number of nitrogens with zero attached hydrogens (tertiary/aromatic N) is 1. The highest BCUT2D eigenvalue weighted by atomic mass is 16.2. The first kappa shape index (κ1) is 22.9. The first-order valence-electron chi connectivity index (χ1n) is 10.7. The van der Waals surface area contributed by atoms with Crippen LogP contribution < -0.4 is 10.7 Å². The summed E-state index contributed by atoms with van der Waals surface area (Å²) in [5.74, 6) is -0.551. The second-order valence-electron chi connectivity index (χ2n) is 7.91. The van der Waals surface area contributed by atoms with Gasteiger partial charge < -0.3 is 5.32 Å².